The second-order valence-corrected chi connectivity index (χ2v) is 5.50. The SMILES string of the molecule is Cc1cc(SCCCNC(C)C)ccc1N. The zero-order valence-corrected chi connectivity index (χ0v) is 11.2. The van der Waals surface area contributed by atoms with Gasteiger partial charge in [-0.2, -0.15) is 0 Å². The van der Waals surface area contributed by atoms with Gasteiger partial charge in [-0.1, -0.05) is 13.8 Å². The third kappa shape index (κ3) is 4.90. The highest BCUT2D eigenvalue weighted by Gasteiger charge is 1.98. The molecule has 0 aliphatic rings. The topological polar surface area (TPSA) is 38.0 Å². The summed E-state index contributed by atoms with van der Waals surface area (Å²) in [6.07, 6.45) is 1.20. The molecule has 3 heteroatoms. The lowest BCUT2D eigenvalue weighted by atomic mass is 10.2. The molecule has 0 radical (unpaired) electrons. The van der Waals surface area contributed by atoms with Crippen LogP contribution in [0.5, 0.6) is 0 Å². The number of nitrogens with two attached hydrogens (primary N) is 1. The van der Waals surface area contributed by atoms with Crippen molar-refractivity contribution in [3.63, 3.8) is 0 Å². The Labute approximate surface area is 103 Å². The summed E-state index contributed by atoms with van der Waals surface area (Å²) in [5.41, 5.74) is 7.83. The van der Waals surface area contributed by atoms with Gasteiger partial charge in [0.15, 0.2) is 0 Å². The van der Waals surface area contributed by atoms with E-state index in [-0.39, 0.29) is 0 Å². The Morgan fingerprint density at radius 1 is 1.38 bits per heavy atom. The molecule has 0 fully saturated rings. The molecule has 0 atom stereocenters. The van der Waals surface area contributed by atoms with Crippen LogP contribution in [-0.2, 0) is 0 Å². The summed E-state index contributed by atoms with van der Waals surface area (Å²) in [6.45, 7) is 7.51. The minimum atomic E-state index is 0.587. The number of thioether (sulfide) groups is 1. The van der Waals surface area contributed by atoms with Crippen molar-refractivity contribution >= 4 is 17.4 Å². The first-order valence-corrected chi connectivity index (χ1v) is 6.80. The van der Waals surface area contributed by atoms with Crippen LogP contribution in [0.25, 0.3) is 0 Å². The van der Waals surface area contributed by atoms with Gasteiger partial charge in [-0.3, -0.25) is 0 Å². The fourth-order valence-corrected chi connectivity index (χ4v) is 2.34. The molecule has 0 aliphatic heterocycles. The summed E-state index contributed by atoms with van der Waals surface area (Å²) in [6, 6.07) is 6.84. The molecule has 0 unspecified atom stereocenters. The van der Waals surface area contributed by atoms with Gasteiger partial charge in [0.1, 0.15) is 0 Å². The molecule has 90 valence electrons. The van der Waals surface area contributed by atoms with Crippen molar-refractivity contribution in [3.8, 4) is 0 Å². The molecule has 0 spiro atoms. The third-order valence-corrected chi connectivity index (χ3v) is 3.46. The zero-order valence-electron chi connectivity index (χ0n) is 10.4. The van der Waals surface area contributed by atoms with Gasteiger partial charge in [-0.15, -0.1) is 11.8 Å². The van der Waals surface area contributed by atoms with Crippen molar-refractivity contribution in [3.05, 3.63) is 23.8 Å². The van der Waals surface area contributed by atoms with Crippen LogP contribution in [0.15, 0.2) is 23.1 Å². The van der Waals surface area contributed by atoms with E-state index < -0.39 is 0 Å². The zero-order chi connectivity index (χ0) is 12.0. The lowest BCUT2D eigenvalue weighted by molar-refractivity contribution is 0.586. The molecule has 0 saturated carbocycles. The highest BCUT2D eigenvalue weighted by Crippen LogP contribution is 2.22. The van der Waals surface area contributed by atoms with Crippen molar-refractivity contribution in [2.24, 2.45) is 0 Å². The molecule has 1 rings (SSSR count). The summed E-state index contributed by atoms with van der Waals surface area (Å²) in [7, 11) is 0. The standard InChI is InChI=1S/C13H22N2S/c1-10(2)15-7-4-8-16-12-5-6-13(14)11(3)9-12/h5-6,9-10,15H,4,7-8,14H2,1-3H3. The number of hydrogen-bond acceptors (Lipinski definition) is 3. The van der Waals surface area contributed by atoms with Gasteiger partial charge in [0.05, 0.1) is 0 Å². The van der Waals surface area contributed by atoms with Crippen LogP contribution in [-0.4, -0.2) is 18.3 Å². The van der Waals surface area contributed by atoms with Gasteiger partial charge in [0.2, 0.25) is 0 Å². The lowest BCUT2D eigenvalue weighted by Gasteiger charge is -2.08. The largest absolute Gasteiger partial charge is 0.399 e. The molecule has 16 heavy (non-hydrogen) atoms. The normalized spacial score (nSPS) is 11.0. The first-order chi connectivity index (χ1) is 7.59. The Morgan fingerprint density at radius 2 is 2.12 bits per heavy atom. The second-order valence-electron chi connectivity index (χ2n) is 4.33. The smallest absolute Gasteiger partial charge is 0.0344 e. The van der Waals surface area contributed by atoms with Gasteiger partial charge in [-0.05, 0) is 49.4 Å². The minimum absolute atomic E-state index is 0.587. The van der Waals surface area contributed by atoms with Crippen LogP contribution in [0.4, 0.5) is 5.69 Å². The van der Waals surface area contributed by atoms with E-state index in [4.69, 9.17) is 5.73 Å². The monoisotopic (exact) mass is 238 g/mol. The Bertz CT molecular complexity index is 324. The molecule has 0 bridgehead atoms. The van der Waals surface area contributed by atoms with Gasteiger partial charge in [-0.25, -0.2) is 0 Å². The Balaban J connectivity index is 2.24. The number of nitrogen functional groups attached to an aromatic ring is 1. The van der Waals surface area contributed by atoms with E-state index in [0.717, 1.165) is 18.0 Å². The summed E-state index contributed by atoms with van der Waals surface area (Å²) in [5.74, 6) is 1.16. The molecule has 2 nitrogen and oxygen atoms in total. The Hall–Kier alpha value is -0.670. The summed E-state index contributed by atoms with van der Waals surface area (Å²) in [4.78, 5) is 1.32. The van der Waals surface area contributed by atoms with Gasteiger partial charge < -0.3 is 11.1 Å². The maximum atomic E-state index is 5.78. The summed E-state index contributed by atoms with van der Waals surface area (Å²) >= 11 is 1.90. The minimum Gasteiger partial charge on any atom is -0.399 e. The highest BCUT2D eigenvalue weighted by molar-refractivity contribution is 7.99. The number of anilines is 1. The van der Waals surface area contributed by atoms with E-state index in [1.54, 1.807) is 0 Å². The van der Waals surface area contributed by atoms with Crippen LogP contribution < -0.4 is 11.1 Å². The Morgan fingerprint density at radius 3 is 2.75 bits per heavy atom. The van der Waals surface area contributed by atoms with E-state index in [2.05, 4.69) is 38.2 Å². The molecule has 1 aromatic carbocycles. The predicted molar refractivity (Wildman–Crippen MR) is 74.1 cm³/mol. The molecular formula is C13H22N2S. The fourth-order valence-electron chi connectivity index (χ4n) is 1.39. The van der Waals surface area contributed by atoms with Gasteiger partial charge in [0.25, 0.3) is 0 Å². The van der Waals surface area contributed by atoms with Gasteiger partial charge in [0, 0.05) is 16.6 Å². The quantitative estimate of drug-likeness (QED) is 0.454. The molecule has 3 N–H and O–H groups in total. The van der Waals surface area contributed by atoms with Gasteiger partial charge >= 0.3 is 0 Å². The number of aryl methyl sites for hydroxylation is 1. The summed E-state index contributed by atoms with van der Waals surface area (Å²) in [5, 5.41) is 3.42. The van der Waals surface area contributed by atoms with Crippen molar-refractivity contribution in [1.82, 2.24) is 5.32 Å². The average Bonchev–Trinajstić information content (AvgIpc) is 2.22. The van der Waals surface area contributed by atoms with Crippen LogP contribution in [0.3, 0.4) is 0 Å². The molecule has 0 aromatic heterocycles. The fraction of sp³-hybridized carbons (Fsp3) is 0.538. The summed E-state index contributed by atoms with van der Waals surface area (Å²) < 4.78 is 0. The lowest BCUT2D eigenvalue weighted by Crippen LogP contribution is -2.23. The molecule has 0 saturated heterocycles. The molecule has 0 aliphatic carbocycles. The second kappa shape index (κ2) is 6.81. The Kier molecular flexibility index (Phi) is 5.71. The number of rotatable bonds is 6. The average molecular weight is 238 g/mol. The van der Waals surface area contributed by atoms with Crippen LogP contribution >= 0.6 is 11.8 Å². The van der Waals surface area contributed by atoms with E-state index in [0.29, 0.717) is 6.04 Å². The van der Waals surface area contributed by atoms with Crippen molar-refractivity contribution < 1.29 is 0 Å². The first-order valence-electron chi connectivity index (χ1n) is 5.82. The maximum absolute atomic E-state index is 5.78. The number of benzene rings is 1. The van der Waals surface area contributed by atoms with E-state index in [1.807, 2.05) is 17.8 Å². The number of hydrogen-bond donors (Lipinski definition) is 2. The molecule has 1 aromatic rings. The van der Waals surface area contributed by atoms with Crippen LogP contribution in [0, 0.1) is 6.92 Å². The molecular weight excluding hydrogens is 216 g/mol. The highest BCUT2D eigenvalue weighted by atomic mass is 32.2. The van der Waals surface area contributed by atoms with Crippen molar-refractivity contribution in [2.45, 2.75) is 38.1 Å². The van der Waals surface area contributed by atoms with Crippen molar-refractivity contribution in [2.75, 3.05) is 18.0 Å². The maximum Gasteiger partial charge on any atom is 0.0344 e. The van der Waals surface area contributed by atoms with Crippen LogP contribution in [0.1, 0.15) is 25.8 Å². The first kappa shape index (κ1) is 13.4. The third-order valence-electron chi connectivity index (χ3n) is 2.38. The van der Waals surface area contributed by atoms with E-state index in [1.165, 1.54) is 16.9 Å². The molecule has 0 heterocycles. The van der Waals surface area contributed by atoms with E-state index >= 15 is 0 Å². The van der Waals surface area contributed by atoms with Crippen molar-refractivity contribution in [1.29, 1.82) is 0 Å². The number of nitrogens with one attached hydrogen (secondary N) is 1. The van der Waals surface area contributed by atoms with E-state index in [9.17, 15) is 0 Å². The predicted octanol–water partition coefficient (Wildman–Crippen LogP) is 3.06. The molecule has 0 amide bonds. The van der Waals surface area contributed by atoms with Crippen LogP contribution in [0.2, 0.25) is 0 Å².